The zero-order valence-corrected chi connectivity index (χ0v) is 34.1. The highest BCUT2D eigenvalue weighted by Crippen LogP contribution is 2.56. The first-order valence-electron chi connectivity index (χ1n) is 21.5. The van der Waals surface area contributed by atoms with Crippen molar-refractivity contribution in [3.05, 3.63) is 217 Å². The Morgan fingerprint density at radius 1 is 0.262 bits per heavy atom. The Morgan fingerprint density at radius 3 is 1.66 bits per heavy atom. The fourth-order valence-electron chi connectivity index (χ4n) is 11.2. The van der Waals surface area contributed by atoms with Gasteiger partial charge in [-0.2, -0.15) is 0 Å². The van der Waals surface area contributed by atoms with Crippen LogP contribution in [0.15, 0.2) is 206 Å². The van der Waals surface area contributed by atoms with E-state index in [1.165, 1.54) is 132 Å². The van der Waals surface area contributed by atoms with Crippen molar-refractivity contribution in [2.45, 2.75) is 19.3 Å². The highest BCUT2D eigenvalue weighted by atomic mass is 14.4. The summed E-state index contributed by atoms with van der Waals surface area (Å²) in [7, 11) is 0. The van der Waals surface area contributed by atoms with Gasteiger partial charge in [0.05, 0.1) is 0 Å². The monoisotopic (exact) mass is 772 g/mol. The van der Waals surface area contributed by atoms with Crippen LogP contribution in [0.5, 0.6) is 0 Å². The van der Waals surface area contributed by atoms with E-state index in [9.17, 15) is 0 Å². The lowest BCUT2D eigenvalue weighted by molar-refractivity contribution is 0.661. The predicted octanol–water partition coefficient (Wildman–Crippen LogP) is 16.9. The standard InChI is InChI=1S/C61H40/c1-61(2)56-25-11-10-21-46(56)52-35-54-55(36-57(52)61)58(40-28-26-38(27-29-40)37-14-4-3-5-15-37)53-34-41(43-22-12-17-39-16-6-7-18-42(39)43)30-31-51(53)60(54)50-33-32-49-45-20-9-8-19-44(45)47-23-13-24-48(50)59(47)49/h3-36H,1-2H3. The summed E-state index contributed by atoms with van der Waals surface area (Å²) >= 11 is 0. The van der Waals surface area contributed by atoms with Gasteiger partial charge in [0.15, 0.2) is 0 Å². The Kier molecular flexibility index (Phi) is 7.17. The molecule has 0 heteroatoms. The smallest absolute Gasteiger partial charge is 0.0159 e. The molecule has 11 aromatic carbocycles. The van der Waals surface area contributed by atoms with Crippen LogP contribution in [0.2, 0.25) is 0 Å². The van der Waals surface area contributed by atoms with Gasteiger partial charge in [0.25, 0.3) is 0 Å². The molecule has 0 amide bonds. The van der Waals surface area contributed by atoms with Gasteiger partial charge in [-0.1, -0.05) is 202 Å². The summed E-state index contributed by atoms with van der Waals surface area (Å²) in [4.78, 5) is 0. The summed E-state index contributed by atoms with van der Waals surface area (Å²) in [5.74, 6) is 0. The van der Waals surface area contributed by atoms with Crippen LogP contribution in [0, 0.1) is 0 Å². The van der Waals surface area contributed by atoms with Gasteiger partial charge < -0.3 is 0 Å². The van der Waals surface area contributed by atoms with Crippen molar-refractivity contribution in [1.29, 1.82) is 0 Å². The molecule has 0 nitrogen and oxygen atoms in total. The summed E-state index contributed by atoms with van der Waals surface area (Å²) in [6, 6.07) is 77.6. The maximum atomic E-state index is 2.56. The lowest BCUT2D eigenvalue weighted by Gasteiger charge is -2.24. The molecule has 11 aromatic rings. The lowest BCUT2D eigenvalue weighted by atomic mass is 9.78. The van der Waals surface area contributed by atoms with Crippen molar-refractivity contribution in [1.82, 2.24) is 0 Å². The average molecular weight is 773 g/mol. The molecule has 0 atom stereocenters. The molecule has 2 aliphatic carbocycles. The fraction of sp³-hybridized carbons (Fsp3) is 0.0492. The maximum absolute atomic E-state index is 2.56. The Balaban J connectivity index is 1.19. The van der Waals surface area contributed by atoms with Gasteiger partial charge in [0, 0.05) is 5.41 Å². The fourth-order valence-corrected chi connectivity index (χ4v) is 11.2. The van der Waals surface area contributed by atoms with E-state index < -0.39 is 0 Å². The number of hydrogen-bond acceptors (Lipinski definition) is 0. The van der Waals surface area contributed by atoms with Crippen LogP contribution >= 0.6 is 0 Å². The first kappa shape index (κ1) is 34.3. The Hall–Kier alpha value is -7.54. The first-order valence-corrected chi connectivity index (χ1v) is 21.5. The Bertz CT molecular complexity index is 3610. The Labute approximate surface area is 356 Å². The minimum absolute atomic E-state index is 0.151. The second-order valence-corrected chi connectivity index (χ2v) is 17.5. The number of hydrogen-bond donors (Lipinski definition) is 0. The summed E-state index contributed by atoms with van der Waals surface area (Å²) in [6.45, 7) is 4.80. The van der Waals surface area contributed by atoms with E-state index in [-0.39, 0.29) is 5.41 Å². The van der Waals surface area contributed by atoms with Gasteiger partial charge in [0.1, 0.15) is 0 Å². The molecule has 0 bridgehead atoms. The number of fused-ring (bicyclic) bond motifs is 9. The third kappa shape index (κ3) is 4.88. The highest BCUT2D eigenvalue weighted by molar-refractivity contribution is 6.27. The quantitative estimate of drug-likeness (QED) is 0.156. The van der Waals surface area contributed by atoms with Gasteiger partial charge in [0.2, 0.25) is 0 Å². The molecular formula is C61H40. The van der Waals surface area contributed by atoms with E-state index in [1.807, 2.05) is 0 Å². The first-order chi connectivity index (χ1) is 30.0. The van der Waals surface area contributed by atoms with Crippen LogP contribution in [-0.2, 0) is 5.41 Å². The minimum Gasteiger partial charge on any atom is -0.0622 e. The van der Waals surface area contributed by atoms with Crippen molar-refractivity contribution < 1.29 is 0 Å². The van der Waals surface area contributed by atoms with Crippen LogP contribution in [0.25, 0.3) is 121 Å². The zero-order chi connectivity index (χ0) is 40.4. The Morgan fingerprint density at radius 2 is 0.820 bits per heavy atom. The lowest BCUT2D eigenvalue weighted by Crippen LogP contribution is -2.14. The predicted molar refractivity (Wildman–Crippen MR) is 260 cm³/mol. The molecule has 2 aliphatic rings. The van der Waals surface area contributed by atoms with Gasteiger partial charge >= 0.3 is 0 Å². The van der Waals surface area contributed by atoms with E-state index in [4.69, 9.17) is 0 Å². The van der Waals surface area contributed by atoms with Crippen molar-refractivity contribution in [3.8, 4) is 77.9 Å². The second-order valence-electron chi connectivity index (χ2n) is 17.5. The minimum atomic E-state index is -0.151. The SMILES string of the molecule is CC1(C)c2ccccc2-c2cc3c(-c4ccc5c6c(cccc46)-c4ccccc4-5)c4ccc(-c5cccc6ccccc56)cc4c(-c4ccc(-c5ccccc5)cc4)c3cc21. The second kappa shape index (κ2) is 12.7. The van der Waals surface area contributed by atoms with Gasteiger partial charge in [-0.15, -0.1) is 0 Å². The molecule has 0 N–H and O–H groups in total. The van der Waals surface area contributed by atoms with Crippen molar-refractivity contribution >= 4 is 43.1 Å². The molecule has 0 unspecified atom stereocenters. The van der Waals surface area contributed by atoms with Crippen molar-refractivity contribution in [2.75, 3.05) is 0 Å². The topological polar surface area (TPSA) is 0 Å². The molecule has 0 saturated heterocycles. The van der Waals surface area contributed by atoms with E-state index in [0.29, 0.717) is 0 Å². The summed E-state index contributed by atoms with van der Waals surface area (Å²) in [6.07, 6.45) is 0. The number of rotatable bonds is 4. The summed E-state index contributed by atoms with van der Waals surface area (Å²) in [5, 5.41) is 10.3. The van der Waals surface area contributed by atoms with E-state index in [2.05, 4.69) is 220 Å². The largest absolute Gasteiger partial charge is 0.0622 e. The molecule has 284 valence electrons. The maximum Gasteiger partial charge on any atom is 0.0159 e. The molecule has 0 fully saturated rings. The third-order valence-corrected chi connectivity index (χ3v) is 14.0. The summed E-state index contributed by atoms with van der Waals surface area (Å²) in [5.41, 5.74) is 20.6. The van der Waals surface area contributed by atoms with Crippen LogP contribution in [0.1, 0.15) is 25.0 Å². The number of benzene rings is 11. The highest BCUT2D eigenvalue weighted by Gasteiger charge is 2.36. The van der Waals surface area contributed by atoms with E-state index in [1.54, 1.807) is 0 Å². The van der Waals surface area contributed by atoms with Gasteiger partial charge in [-0.25, -0.2) is 0 Å². The van der Waals surface area contributed by atoms with Gasteiger partial charge in [-0.3, -0.25) is 0 Å². The summed E-state index contributed by atoms with van der Waals surface area (Å²) < 4.78 is 0. The normalized spacial score (nSPS) is 13.2. The van der Waals surface area contributed by atoms with Crippen LogP contribution in [-0.4, -0.2) is 0 Å². The molecule has 0 aliphatic heterocycles. The van der Waals surface area contributed by atoms with Crippen molar-refractivity contribution in [2.24, 2.45) is 0 Å². The molecule has 13 rings (SSSR count). The van der Waals surface area contributed by atoms with E-state index >= 15 is 0 Å². The molecule has 0 spiro atoms. The van der Waals surface area contributed by atoms with E-state index in [0.717, 1.165) is 0 Å². The van der Waals surface area contributed by atoms with Gasteiger partial charge in [-0.05, 0) is 150 Å². The van der Waals surface area contributed by atoms with Crippen LogP contribution in [0.4, 0.5) is 0 Å². The zero-order valence-electron chi connectivity index (χ0n) is 34.1. The molecule has 0 saturated carbocycles. The van der Waals surface area contributed by atoms with Crippen LogP contribution < -0.4 is 0 Å². The van der Waals surface area contributed by atoms with Crippen molar-refractivity contribution in [3.63, 3.8) is 0 Å². The average Bonchev–Trinajstić information content (AvgIpc) is 3.76. The molecule has 0 radical (unpaired) electrons. The van der Waals surface area contributed by atoms with Crippen LogP contribution in [0.3, 0.4) is 0 Å². The molecule has 0 aromatic heterocycles. The molecule has 0 heterocycles. The third-order valence-electron chi connectivity index (χ3n) is 14.0. The molecule has 61 heavy (non-hydrogen) atoms. The molecular weight excluding hydrogens is 733 g/mol.